The van der Waals surface area contributed by atoms with Gasteiger partial charge in [-0.25, -0.2) is 4.39 Å². The molecule has 8 nitrogen and oxygen atoms in total. The fourth-order valence-electron chi connectivity index (χ4n) is 3.35. The number of tetrazole rings is 1. The van der Waals surface area contributed by atoms with Crippen molar-refractivity contribution >= 4 is 17.5 Å². The standard InChI is InChI=1S/C17H14FN5O3/c18-12-3-1-2-10(6-12)13-8-22(9-14(13)17(25)26)16(24)11-4-5-15-19-20-21-23(15)7-11/h1-7,13-14H,8-9H2,(H,25,26)/t13-,14+/m0/s1. The van der Waals surface area contributed by atoms with Gasteiger partial charge in [0.25, 0.3) is 5.91 Å². The lowest BCUT2D eigenvalue weighted by Crippen LogP contribution is -2.30. The van der Waals surface area contributed by atoms with Crippen molar-refractivity contribution in [3.8, 4) is 0 Å². The van der Waals surface area contributed by atoms with Gasteiger partial charge in [-0.15, -0.1) is 5.10 Å². The third-order valence-corrected chi connectivity index (χ3v) is 4.64. The van der Waals surface area contributed by atoms with Crippen LogP contribution in [0.15, 0.2) is 42.6 Å². The molecule has 1 aromatic carbocycles. The second-order valence-corrected chi connectivity index (χ2v) is 6.22. The van der Waals surface area contributed by atoms with Crippen molar-refractivity contribution in [1.29, 1.82) is 0 Å². The summed E-state index contributed by atoms with van der Waals surface area (Å²) in [6, 6.07) is 9.06. The molecule has 26 heavy (non-hydrogen) atoms. The first-order chi connectivity index (χ1) is 12.5. The Kier molecular flexibility index (Phi) is 3.83. The van der Waals surface area contributed by atoms with Crippen LogP contribution in [-0.4, -0.2) is 55.0 Å². The summed E-state index contributed by atoms with van der Waals surface area (Å²) in [6.45, 7) is 0.260. The van der Waals surface area contributed by atoms with Crippen molar-refractivity contribution in [1.82, 2.24) is 24.9 Å². The Bertz CT molecular complexity index is 1000. The number of carboxylic acids is 1. The maximum absolute atomic E-state index is 13.5. The molecule has 0 saturated carbocycles. The average molecular weight is 355 g/mol. The molecule has 1 fully saturated rings. The number of likely N-dealkylation sites (tertiary alicyclic amines) is 1. The maximum Gasteiger partial charge on any atom is 0.308 e. The number of carbonyl (C=O) groups excluding carboxylic acids is 1. The third-order valence-electron chi connectivity index (χ3n) is 4.64. The van der Waals surface area contributed by atoms with E-state index in [0.29, 0.717) is 16.8 Å². The van der Waals surface area contributed by atoms with Gasteiger partial charge in [0, 0.05) is 25.2 Å². The van der Waals surface area contributed by atoms with Crippen LogP contribution in [-0.2, 0) is 4.79 Å². The van der Waals surface area contributed by atoms with Crippen LogP contribution >= 0.6 is 0 Å². The molecule has 3 heterocycles. The highest BCUT2D eigenvalue weighted by molar-refractivity contribution is 5.95. The quantitative estimate of drug-likeness (QED) is 0.758. The highest BCUT2D eigenvalue weighted by atomic mass is 19.1. The molecule has 1 aliphatic heterocycles. The Morgan fingerprint density at radius 1 is 1.19 bits per heavy atom. The summed E-state index contributed by atoms with van der Waals surface area (Å²) >= 11 is 0. The number of hydrogen-bond acceptors (Lipinski definition) is 5. The Labute approximate surface area is 146 Å². The van der Waals surface area contributed by atoms with Crippen molar-refractivity contribution < 1.29 is 19.1 Å². The van der Waals surface area contributed by atoms with Crippen LogP contribution in [0.25, 0.3) is 5.65 Å². The molecular weight excluding hydrogens is 341 g/mol. The topological polar surface area (TPSA) is 101 Å². The minimum atomic E-state index is -1.01. The SMILES string of the molecule is O=C(O)[C@@H]1CN(C(=O)c2ccc3nnnn3c2)C[C@H]1c1cccc(F)c1. The smallest absolute Gasteiger partial charge is 0.308 e. The number of halogens is 1. The number of nitrogens with zero attached hydrogens (tertiary/aromatic N) is 5. The number of benzene rings is 1. The van der Waals surface area contributed by atoms with E-state index in [2.05, 4.69) is 15.5 Å². The summed E-state index contributed by atoms with van der Waals surface area (Å²) in [7, 11) is 0. The Morgan fingerprint density at radius 3 is 2.81 bits per heavy atom. The molecule has 1 amide bonds. The number of aliphatic carboxylic acids is 1. The zero-order valence-corrected chi connectivity index (χ0v) is 13.5. The minimum Gasteiger partial charge on any atom is -0.481 e. The molecule has 2 aromatic heterocycles. The van der Waals surface area contributed by atoms with Crippen molar-refractivity contribution in [2.75, 3.05) is 13.1 Å². The highest BCUT2D eigenvalue weighted by Gasteiger charge is 2.40. The molecule has 132 valence electrons. The molecule has 0 aliphatic carbocycles. The van der Waals surface area contributed by atoms with E-state index in [1.807, 2.05) is 0 Å². The van der Waals surface area contributed by atoms with E-state index >= 15 is 0 Å². The van der Waals surface area contributed by atoms with E-state index in [1.54, 1.807) is 24.3 Å². The number of carboxylic acid groups (broad SMARTS) is 1. The summed E-state index contributed by atoms with van der Waals surface area (Å²) in [5.41, 5.74) is 1.43. The number of amides is 1. The van der Waals surface area contributed by atoms with E-state index in [9.17, 15) is 19.1 Å². The van der Waals surface area contributed by atoms with Crippen molar-refractivity contribution in [3.05, 3.63) is 59.5 Å². The Hall–Kier alpha value is -3.36. The normalized spacial score (nSPS) is 19.8. The van der Waals surface area contributed by atoms with Crippen LogP contribution in [0.2, 0.25) is 0 Å². The molecule has 0 radical (unpaired) electrons. The highest BCUT2D eigenvalue weighted by Crippen LogP contribution is 2.34. The van der Waals surface area contributed by atoms with Gasteiger partial charge in [0.15, 0.2) is 5.65 Å². The monoisotopic (exact) mass is 355 g/mol. The van der Waals surface area contributed by atoms with E-state index in [-0.39, 0.29) is 19.0 Å². The average Bonchev–Trinajstić information content (AvgIpc) is 3.27. The zero-order valence-electron chi connectivity index (χ0n) is 13.5. The summed E-state index contributed by atoms with van der Waals surface area (Å²) < 4.78 is 14.9. The lowest BCUT2D eigenvalue weighted by molar-refractivity contribution is -0.141. The van der Waals surface area contributed by atoms with Crippen LogP contribution in [0.3, 0.4) is 0 Å². The number of aromatic nitrogens is 4. The van der Waals surface area contributed by atoms with Crippen LogP contribution in [0.1, 0.15) is 21.8 Å². The van der Waals surface area contributed by atoms with Crippen LogP contribution in [0.4, 0.5) is 4.39 Å². The van der Waals surface area contributed by atoms with Crippen molar-refractivity contribution in [3.63, 3.8) is 0 Å². The molecule has 0 spiro atoms. The fourth-order valence-corrected chi connectivity index (χ4v) is 3.35. The number of hydrogen-bond donors (Lipinski definition) is 1. The van der Waals surface area contributed by atoms with Crippen LogP contribution < -0.4 is 0 Å². The lowest BCUT2D eigenvalue weighted by atomic mass is 9.89. The van der Waals surface area contributed by atoms with Gasteiger partial charge in [0.1, 0.15) is 5.82 Å². The Morgan fingerprint density at radius 2 is 2.04 bits per heavy atom. The van der Waals surface area contributed by atoms with Gasteiger partial charge in [-0.1, -0.05) is 12.1 Å². The number of pyridine rings is 1. The second-order valence-electron chi connectivity index (χ2n) is 6.22. The molecule has 3 aromatic rings. The summed E-state index contributed by atoms with van der Waals surface area (Å²) in [5.74, 6) is -3.01. The molecule has 1 saturated heterocycles. The second kappa shape index (κ2) is 6.17. The van der Waals surface area contributed by atoms with Gasteiger partial charge in [0.05, 0.1) is 11.5 Å². The number of fused-ring (bicyclic) bond motifs is 1. The molecule has 4 rings (SSSR count). The molecule has 1 N–H and O–H groups in total. The predicted molar refractivity (Wildman–Crippen MR) is 87.0 cm³/mol. The van der Waals surface area contributed by atoms with Crippen molar-refractivity contribution in [2.24, 2.45) is 5.92 Å². The van der Waals surface area contributed by atoms with Gasteiger partial charge < -0.3 is 10.0 Å². The first kappa shape index (κ1) is 16.1. The first-order valence-electron chi connectivity index (χ1n) is 7.98. The van der Waals surface area contributed by atoms with E-state index in [1.165, 1.54) is 27.7 Å². The zero-order chi connectivity index (χ0) is 18.3. The Balaban J connectivity index is 1.62. The number of carbonyl (C=O) groups is 2. The number of rotatable bonds is 3. The molecule has 2 atom stereocenters. The van der Waals surface area contributed by atoms with Gasteiger partial charge in [0.2, 0.25) is 0 Å². The largest absolute Gasteiger partial charge is 0.481 e. The van der Waals surface area contributed by atoms with Crippen LogP contribution in [0, 0.1) is 11.7 Å². The van der Waals surface area contributed by atoms with Gasteiger partial charge >= 0.3 is 5.97 Å². The lowest BCUT2D eigenvalue weighted by Gasteiger charge is -2.16. The van der Waals surface area contributed by atoms with Gasteiger partial charge in [-0.3, -0.25) is 9.59 Å². The molecule has 9 heteroatoms. The molecule has 0 bridgehead atoms. The molecule has 0 unspecified atom stereocenters. The minimum absolute atomic E-state index is 0.0585. The van der Waals surface area contributed by atoms with Crippen LogP contribution in [0.5, 0.6) is 0 Å². The third kappa shape index (κ3) is 2.77. The summed E-state index contributed by atoms with van der Waals surface area (Å²) in [6.07, 6.45) is 1.50. The maximum atomic E-state index is 13.5. The summed E-state index contributed by atoms with van der Waals surface area (Å²) in [5, 5.41) is 20.6. The van der Waals surface area contributed by atoms with E-state index in [4.69, 9.17) is 0 Å². The molecule has 1 aliphatic rings. The van der Waals surface area contributed by atoms with Gasteiger partial charge in [-0.2, -0.15) is 4.52 Å². The molecular formula is C17H14FN5O3. The van der Waals surface area contributed by atoms with E-state index < -0.39 is 23.6 Å². The predicted octanol–water partition coefficient (Wildman–Crippen LogP) is 1.20. The fraction of sp³-hybridized carbons (Fsp3) is 0.235. The van der Waals surface area contributed by atoms with E-state index in [0.717, 1.165) is 0 Å². The first-order valence-corrected chi connectivity index (χ1v) is 7.98. The summed E-state index contributed by atoms with van der Waals surface area (Å²) in [4.78, 5) is 25.9. The van der Waals surface area contributed by atoms with Crippen molar-refractivity contribution in [2.45, 2.75) is 5.92 Å². The van der Waals surface area contributed by atoms with Gasteiger partial charge in [-0.05, 0) is 40.3 Å².